The highest BCUT2D eigenvalue weighted by Crippen LogP contribution is 2.20. The highest BCUT2D eigenvalue weighted by atomic mass is 16.3. The number of nitrogens with zero attached hydrogens (tertiary/aromatic N) is 2. The summed E-state index contributed by atoms with van der Waals surface area (Å²) in [6.45, 7) is 4.81. The van der Waals surface area contributed by atoms with E-state index in [9.17, 15) is 9.59 Å². The molecule has 1 rings (SSSR count). The van der Waals surface area contributed by atoms with Gasteiger partial charge >= 0.3 is 0 Å². The molecular formula is C12H22N2O3. The Kier molecular flexibility index (Phi) is 4.93. The van der Waals surface area contributed by atoms with Crippen LogP contribution in [0.4, 0.5) is 0 Å². The number of carbonyl (C=O) groups is 2. The van der Waals surface area contributed by atoms with E-state index in [-0.39, 0.29) is 30.4 Å². The SMILES string of the molecule is CC(C)C(C(=O)N(C)CCO)N1CCCC1=O. The van der Waals surface area contributed by atoms with Crippen molar-refractivity contribution in [3.63, 3.8) is 0 Å². The first-order chi connectivity index (χ1) is 7.99. The Bertz CT molecular complexity index is 291. The molecule has 0 aromatic carbocycles. The van der Waals surface area contributed by atoms with E-state index >= 15 is 0 Å². The summed E-state index contributed by atoms with van der Waals surface area (Å²) in [4.78, 5) is 27.1. The van der Waals surface area contributed by atoms with Crippen LogP contribution in [0, 0.1) is 5.92 Å². The van der Waals surface area contributed by atoms with E-state index in [2.05, 4.69) is 0 Å². The third-order valence-electron chi connectivity index (χ3n) is 3.14. The maximum absolute atomic E-state index is 12.2. The van der Waals surface area contributed by atoms with Gasteiger partial charge in [-0.2, -0.15) is 0 Å². The van der Waals surface area contributed by atoms with Crippen molar-refractivity contribution in [3.05, 3.63) is 0 Å². The van der Waals surface area contributed by atoms with E-state index < -0.39 is 0 Å². The van der Waals surface area contributed by atoms with Gasteiger partial charge in [-0.15, -0.1) is 0 Å². The molecular weight excluding hydrogens is 220 g/mol. The summed E-state index contributed by atoms with van der Waals surface area (Å²) in [5.41, 5.74) is 0. The predicted octanol–water partition coefficient (Wildman–Crippen LogP) is 0.0841. The Balaban J connectivity index is 2.78. The van der Waals surface area contributed by atoms with Crippen LogP contribution in [0.3, 0.4) is 0 Å². The number of likely N-dealkylation sites (N-methyl/N-ethyl adjacent to an activating group) is 1. The highest BCUT2D eigenvalue weighted by molar-refractivity contribution is 5.88. The zero-order valence-electron chi connectivity index (χ0n) is 10.8. The Morgan fingerprint density at radius 2 is 2.18 bits per heavy atom. The first-order valence-corrected chi connectivity index (χ1v) is 6.14. The number of hydrogen-bond acceptors (Lipinski definition) is 3. The molecule has 1 aliphatic heterocycles. The summed E-state index contributed by atoms with van der Waals surface area (Å²) in [7, 11) is 1.66. The molecule has 0 aromatic heterocycles. The van der Waals surface area contributed by atoms with E-state index in [0.29, 0.717) is 19.5 Å². The average Bonchev–Trinajstić information content (AvgIpc) is 2.65. The van der Waals surface area contributed by atoms with Crippen LogP contribution in [0.25, 0.3) is 0 Å². The molecule has 2 amide bonds. The van der Waals surface area contributed by atoms with E-state index in [4.69, 9.17) is 5.11 Å². The largest absolute Gasteiger partial charge is 0.395 e. The molecule has 0 aliphatic carbocycles. The van der Waals surface area contributed by atoms with Gasteiger partial charge in [0, 0.05) is 26.6 Å². The highest BCUT2D eigenvalue weighted by Gasteiger charge is 2.36. The quantitative estimate of drug-likeness (QED) is 0.743. The molecule has 5 heteroatoms. The molecule has 5 nitrogen and oxygen atoms in total. The molecule has 17 heavy (non-hydrogen) atoms. The van der Waals surface area contributed by atoms with Crippen molar-refractivity contribution in [1.29, 1.82) is 0 Å². The molecule has 0 bridgehead atoms. The Morgan fingerprint density at radius 1 is 1.53 bits per heavy atom. The number of aliphatic hydroxyl groups is 1. The fraction of sp³-hybridized carbons (Fsp3) is 0.833. The summed E-state index contributed by atoms with van der Waals surface area (Å²) < 4.78 is 0. The predicted molar refractivity (Wildman–Crippen MR) is 64.3 cm³/mol. The van der Waals surface area contributed by atoms with Crippen LogP contribution in [-0.2, 0) is 9.59 Å². The maximum atomic E-state index is 12.2. The summed E-state index contributed by atoms with van der Waals surface area (Å²) in [5, 5.41) is 8.85. The van der Waals surface area contributed by atoms with Crippen molar-refractivity contribution in [2.24, 2.45) is 5.92 Å². The standard InChI is InChI=1S/C12H22N2O3/c1-9(2)11(12(17)13(3)7-8-15)14-6-4-5-10(14)16/h9,11,15H,4-8H2,1-3H3. The average molecular weight is 242 g/mol. The number of carbonyl (C=O) groups excluding carboxylic acids is 2. The lowest BCUT2D eigenvalue weighted by Gasteiger charge is -2.32. The van der Waals surface area contributed by atoms with Crippen molar-refractivity contribution in [2.75, 3.05) is 26.7 Å². The lowest BCUT2D eigenvalue weighted by atomic mass is 10.0. The van der Waals surface area contributed by atoms with E-state index in [1.165, 1.54) is 4.90 Å². The number of aliphatic hydroxyl groups excluding tert-OH is 1. The molecule has 1 aliphatic rings. The van der Waals surface area contributed by atoms with Gasteiger partial charge in [0.1, 0.15) is 6.04 Å². The lowest BCUT2D eigenvalue weighted by molar-refractivity contribution is -0.144. The summed E-state index contributed by atoms with van der Waals surface area (Å²) >= 11 is 0. The molecule has 1 heterocycles. The van der Waals surface area contributed by atoms with Gasteiger partial charge in [0.05, 0.1) is 6.61 Å². The van der Waals surface area contributed by atoms with E-state index in [0.717, 1.165) is 6.42 Å². The number of likely N-dealkylation sites (tertiary alicyclic amines) is 1. The molecule has 1 atom stereocenters. The van der Waals surface area contributed by atoms with Gasteiger partial charge in [0.25, 0.3) is 0 Å². The van der Waals surface area contributed by atoms with Gasteiger partial charge in [-0.3, -0.25) is 9.59 Å². The summed E-state index contributed by atoms with van der Waals surface area (Å²) in [6.07, 6.45) is 1.37. The summed E-state index contributed by atoms with van der Waals surface area (Å²) in [5.74, 6) is 0.0736. The Hall–Kier alpha value is -1.10. The molecule has 1 N–H and O–H groups in total. The third kappa shape index (κ3) is 3.19. The summed E-state index contributed by atoms with van der Waals surface area (Å²) in [6, 6.07) is -0.387. The van der Waals surface area contributed by atoms with Crippen LogP contribution in [0.1, 0.15) is 26.7 Å². The van der Waals surface area contributed by atoms with Gasteiger partial charge in [0.15, 0.2) is 0 Å². The Labute approximate surface area is 102 Å². The maximum Gasteiger partial charge on any atom is 0.245 e. The number of amides is 2. The van der Waals surface area contributed by atoms with Crippen LogP contribution in [0.2, 0.25) is 0 Å². The zero-order valence-corrected chi connectivity index (χ0v) is 10.8. The fourth-order valence-electron chi connectivity index (χ4n) is 2.23. The second-order valence-electron chi connectivity index (χ2n) is 4.86. The second-order valence-corrected chi connectivity index (χ2v) is 4.86. The fourth-order valence-corrected chi connectivity index (χ4v) is 2.23. The van der Waals surface area contributed by atoms with Crippen LogP contribution in [0.5, 0.6) is 0 Å². The van der Waals surface area contributed by atoms with Gasteiger partial charge in [-0.25, -0.2) is 0 Å². The Morgan fingerprint density at radius 3 is 2.59 bits per heavy atom. The van der Waals surface area contributed by atoms with Gasteiger partial charge in [0.2, 0.25) is 11.8 Å². The number of hydrogen-bond donors (Lipinski definition) is 1. The van der Waals surface area contributed by atoms with Crippen molar-refractivity contribution in [1.82, 2.24) is 9.80 Å². The first-order valence-electron chi connectivity index (χ1n) is 6.14. The molecule has 98 valence electrons. The number of rotatable bonds is 5. The van der Waals surface area contributed by atoms with Crippen LogP contribution in [-0.4, -0.2) is 59.5 Å². The molecule has 0 saturated carbocycles. The van der Waals surface area contributed by atoms with Gasteiger partial charge < -0.3 is 14.9 Å². The van der Waals surface area contributed by atoms with Crippen LogP contribution < -0.4 is 0 Å². The molecule has 0 spiro atoms. The zero-order chi connectivity index (χ0) is 13.0. The second kappa shape index (κ2) is 6.00. The molecule has 1 unspecified atom stereocenters. The van der Waals surface area contributed by atoms with Crippen molar-refractivity contribution in [2.45, 2.75) is 32.7 Å². The topological polar surface area (TPSA) is 60.9 Å². The molecule has 0 aromatic rings. The van der Waals surface area contributed by atoms with E-state index in [1.54, 1.807) is 11.9 Å². The van der Waals surface area contributed by atoms with E-state index in [1.807, 2.05) is 13.8 Å². The van der Waals surface area contributed by atoms with Crippen molar-refractivity contribution in [3.8, 4) is 0 Å². The van der Waals surface area contributed by atoms with Gasteiger partial charge in [-0.05, 0) is 12.3 Å². The van der Waals surface area contributed by atoms with Gasteiger partial charge in [-0.1, -0.05) is 13.8 Å². The van der Waals surface area contributed by atoms with Crippen molar-refractivity contribution >= 4 is 11.8 Å². The normalized spacial score (nSPS) is 17.7. The molecule has 0 radical (unpaired) electrons. The monoisotopic (exact) mass is 242 g/mol. The molecule has 1 saturated heterocycles. The third-order valence-corrected chi connectivity index (χ3v) is 3.14. The first kappa shape index (κ1) is 14.0. The van der Waals surface area contributed by atoms with Crippen LogP contribution >= 0.6 is 0 Å². The minimum absolute atomic E-state index is 0.0546. The lowest BCUT2D eigenvalue weighted by Crippen LogP contribution is -2.51. The smallest absolute Gasteiger partial charge is 0.245 e. The molecule has 1 fully saturated rings. The minimum Gasteiger partial charge on any atom is -0.395 e. The minimum atomic E-state index is -0.387. The van der Waals surface area contributed by atoms with Crippen molar-refractivity contribution < 1.29 is 14.7 Å². The van der Waals surface area contributed by atoms with Crippen LogP contribution in [0.15, 0.2) is 0 Å².